The first-order valence-electron chi connectivity index (χ1n) is 1.61. The summed E-state index contributed by atoms with van der Waals surface area (Å²) in [6, 6.07) is -0.407. The van der Waals surface area contributed by atoms with Crippen molar-refractivity contribution in [3.8, 4) is 0 Å². The molecule has 0 atom stereocenters. The van der Waals surface area contributed by atoms with E-state index in [9.17, 15) is 4.79 Å². The summed E-state index contributed by atoms with van der Waals surface area (Å²) < 4.78 is 0. The Morgan fingerprint density at radius 2 is 1.86 bits per heavy atom. The van der Waals surface area contributed by atoms with Crippen molar-refractivity contribution < 1.29 is 25.1 Å². The summed E-state index contributed by atoms with van der Waals surface area (Å²) in [5, 5.41) is 0. The molecule has 0 saturated carbocycles. The van der Waals surface area contributed by atoms with E-state index in [1.165, 1.54) is 4.90 Å². The maximum Gasteiger partial charge on any atom is 1.00 e. The van der Waals surface area contributed by atoms with Crippen LogP contribution in [0.1, 0.15) is 1.43 Å². The molecule has 0 aromatic carbocycles. The van der Waals surface area contributed by atoms with E-state index in [1.807, 2.05) is 0 Å². The maximum absolute atomic E-state index is 9.85. The van der Waals surface area contributed by atoms with Gasteiger partial charge < -0.3 is 12.1 Å². The van der Waals surface area contributed by atoms with E-state index in [0.29, 0.717) is 0 Å². The number of urea groups is 1. The Morgan fingerprint density at radius 1 is 1.71 bits per heavy atom. The van der Waals surface area contributed by atoms with E-state index in [1.54, 1.807) is 14.1 Å². The number of primary amides is 1. The molecule has 0 heterocycles. The van der Waals surface area contributed by atoms with Gasteiger partial charge in [-0.1, -0.05) is 0 Å². The summed E-state index contributed by atoms with van der Waals surface area (Å²) in [4.78, 5) is 11.2. The number of nitrogens with two attached hydrogens (primary N) is 1. The molecule has 7 heavy (non-hydrogen) atoms. The van der Waals surface area contributed by atoms with Crippen LogP contribution >= 0.6 is 0 Å². The molecule has 0 aliphatic rings. The van der Waals surface area contributed by atoms with Crippen molar-refractivity contribution in [3.05, 3.63) is 0 Å². The van der Waals surface area contributed by atoms with Gasteiger partial charge in [-0.05, 0) is 0 Å². The largest absolute Gasteiger partial charge is 1.00 e. The zero-order valence-electron chi connectivity index (χ0n) is 5.93. The second-order valence-electron chi connectivity index (χ2n) is 1.23. The fourth-order valence-electron chi connectivity index (χ4n) is 0. The van der Waals surface area contributed by atoms with Gasteiger partial charge in [0.1, 0.15) is 0 Å². The van der Waals surface area contributed by atoms with Gasteiger partial charge in [-0.25, -0.2) is 4.79 Å². The van der Waals surface area contributed by atoms with Crippen molar-refractivity contribution in [2.75, 3.05) is 14.1 Å². The van der Waals surface area contributed by atoms with Crippen LogP contribution in [-0.2, 0) is 0 Å². The van der Waals surface area contributed by atoms with Crippen LogP contribution < -0.4 is 24.6 Å². The molecule has 0 unspecified atom stereocenters. The Bertz CT molecular complexity index is 68.3. The average Bonchev–Trinajstić information content (AvgIpc) is 1.36. The standard InChI is InChI=1S/C3H8N2O.Li.H/c1-5(2)3(4)6;;/h1-2H3,(H2,4,6);;/q;+1;-1. The molecule has 2 N–H and O–H groups in total. The Labute approximate surface area is 56.5 Å². The minimum absolute atomic E-state index is 0. The summed E-state index contributed by atoms with van der Waals surface area (Å²) in [6.45, 7) is 0. The van der Waals surface area contributed by atoms with Gasteiger partial charge in [0.25, 0.3) is 0 Å². The predicted octanol–water partition coefficient (Wildman–Crippen LogP) is -3.26. The van der Waals surface area contributed by atoms with Gasteiger partial charge >= 0.3 is 24.9 Å². The summed E-state index contributed by atoms with van der Waals surface area (Å²) in [7, 11) is 3.20. The zero-order chi connectivity index (χ0) is 5.15. The number of rotatable bonds is 0. The first-order valence-corrected chi connectivity index (χ1v) is 1.61. The van der Waals surface area contributed by atoms with Crippen LogP contribution in [0.2, 0.25) is 0 Å². The van der Waals surface area contributed by atoms with E-state index in [4.69, 9.17) is 5.73 Å². The SMILES string of the molecule is CN(C)C(N)=O.[H-].[Li+]. The summed E-state index contributed by atoms with van der Waals surface area (Å²) in [5.74, 6) is 0. The van der Waals surface area contributed by atoms with Crippen LogP contribution in [0.5, 0.6) is 0 Å². The quantitative estimate of drug-likeness (QED) is 0.316. The van der Waals surface area contributed by atoms with Gasteiger partial charge in [0.2, 0.25) is 0 Å². The Hall–Kier alpha value is -0.133. The Balaban J connectivity index is -0.000000125. The fraction of sp³-hybridized carbons (Fsp3) is 0.667. The van der Waals surface area contributed by atoms with Crippen LogP contribution in [-0.4, -0.2) is 25.0 Å². The van der Waals surface area contributed by atoms with Crippen molar-refractivity contribution in [1.82, 2.24) is 4.90 Å². The minimum atomic E-state index is -0.407. The molecule has 0 aliphatic carbocycles. The van der Waals surface area contributed by atoms with Crippen LogP contribution in [0.3, 0.4) is 0 Å². The topological polar surface area (TPSA) is 46.3 Å². The smallest absolute Gasteiger partial charge is 1.00 e. The summed E-state index contributed by atoms with van der Waals surface area (Å²) >= 11 is 0. The van der Waals surface area contributed by atoms with Crippen molar-refractivity contribution >= 4 is 6.03 Å². The molecule has 0 fully saturated rings. The number of carbonyl (C=O) groups is 1. The zero-order valence-corrected chi connectivity index (χ0v) is 4.93. The van der Waals surface area contributed by atoms with E-state index < -0.39 is 6.03 Å². The third-order valence-electron chi connectivity index (χ3n) is 0.441. The van der Waals surface area contributed by atoms with Gasteiger partial charge in [-0.2, -0.15) is 0 Å². The number of hydrogen-bond donors (Lipinski definition) is 1. The van der Waals surface area contributed by atoms with E-state index in [0.717, 1.165) is 0 Å². The molecule has 2 amide bonds. The van der Waals surface area contributed by atoms with Crippen LogP contribution in [0, 0.1) is 0 Å². The molecule has 3 nitrogen and oxygen atoms in total. The number of nitrogens with zero attached hydrogens (tertiary/aromatic N) is 1. The third-order valence-corrected chi connectivity index (χ3v) is 0.441. The van der Waals surface area contributed by atoms with Crippen molar-refractivity contribution in [3.63, 3.8) is 0 Å². The second kappa shape index (κ2) is 4.04. The predicted molar refractivity (Wildman–Crippen MR) is 24.4 cm³/mol. The summed E-state index contributed by atoms with van der Waals surface area (Å²) in [5.41, 5.74) is 4.72. The van der Waals surface area contributed by atoms with Gasteiger partial charge in [0.05, 0.1) is 0 Å². The van der Waals surface area contributed by atoms with Crippen molar-refractivity contribution in [2.45, 2.75) is 0 Å². The van der Waals surface area contributed by atoms with Gasteiger partial charge in [-0.3, -0.25) is 0 Å². The molecule has 4 heteroatoms. The molecule has 38 valence electrons. The first kappa shape index (κ1) is 9.98. The van der Waals surface area contributed by atoms with Gasteiger partial charge in [0, 0.05) is 14.1 Å². The van der Waals surface area contributed by atoms with Gasteiger partial charge in [-0.15, -0.1) is 0 Å². The molecular formula is C3H9LiN2O. The summed E-state index contributed by atoms with van der Waals surface area (Å²) in [6.07, 6.45) is 0. The molecule has 0 aromatic heterocycles. The molecule has 0 bridgehead atoms. The molecule has 0 spiro atoms. The molecular weight excluding hydrogens is 87.0 g/mol. The number of hydrogen-bond acceptors (Lipinski definition) is 1. The van der Waals surface area contributed by atoms with Crippen molar-refractivity contribution in [2.24, 2.45) is 5.73 Å². The van der Waals surface area contributed by atoms with E-state index >= 15 is 0 Å². The Morgan fingerprint density at radius 3 is 1.86 bits per heavy atom. The fourth-order valence-corrected chi connectivity index (χ4v) is 0. The molecule has 0 saturated heterocycles. The minimum Gasteiger partial charge on any atom is -1.00 e. The average molecular weight is 96.1 g/mol. The maximum atomic E-state index is 9.85. The molecule has 0 radical (unpaired) electrons. The normalized spacial score (nSPS) is 6.57. The molecule has 0 aromatic rings. The van der Waals surface area contributed by atoms with Crippen molar-refractivity contribution in [1.29, 1.82) is 0 Å². The van der Waals surface area contributed by atoms with E-state index in [-0.39, 0.29) is 20.3 Å². The second-order valence-corrected chi connectivity index (χ2v) is 1.23. The molecule has 0 aliphatic heterocycles. The van der Waals surface area contributed by atoms with Crippen LogP contribution in [0.4, 0.5) is 4.79 Å². The number of amides is 2. The third kappa shape index (κ3) is 5.87. The van der Waals surface area contributed by atoms with E-state index in [2.05, 4.69) is 0 Å². The van der Waals surface area contributed by atoms with Crippen LogP contribution in [0.25, 0.3) is 0 Å². The van der Waals surface area contributed by atoms with Gasteiger partial charge in [0.15, 0.2) is 0 Å². The van der Waals surface area contributed by atoms with Crippen LogP contribution in [0.15, 0.2) is 0 Å². The first-order chi connectivity index (χ1) is 2.64. The molecule has 0 rings (SSSR count). The number of carbonyl (C=O) groups excluding carboxylic acids is 1. The Kier molecular flexibility index (Phi) is 5.76. The monoisotopic (exact) mass is 96.1 g/mol.